The summed E-state index contributed by atoms with van der Waals surface area (Å²) in [5.74, 6) is -0.712. The highest BCUT2D eigenvalue weighted by atomic mass is 35.5. The second kappa shape index (κ2) is 12.1. The lowest BCUT2D eigenvalue weighted by Gasteiger charge is -2.30. The second-order valence-corrected chi connectivity index (χ2v) is 6.84. The van der Waals surface area contributed by atoms with Gasteiger partial charge >= 0.3 is 5.97 Å². The molecule has 146 valence electrons. The highest BCUT2D eigenvalue weighted by Crippen LogP contribution is 2.28. The van der Waals surface area contributed by atoms with E-state index >= 15 is 0 Å². The molecule has 7 nitrogen and oxygen atoms in total. The normalized spacial score (nSPS) is 17.2. The van der Waals surface area contributed by atoms with Gasteiger partial charge in [-0.1, -0.05) is 33.1 Å². The van der Waals surface area contributed by atoms with Crippen LogP contribution in [0.2, 0.25) is 0 Å². The topological polar surface area (TPSA) is 111 Å². The minimum Gasteiger partial charge on any atom is -0.469 e. The zero-order valence-corrected chi connectivity index (χ0v) is 16.2. The lowest BCUT2D eigenvalue weighted by molar-refractivity contribution is -0.142. The van der Waals surface area contributed by atoms with Crippen LogP contribution in [-0.4, -0.2) is 43.5 Å². The van der Waals surface area contributed by atoms with Gasteiger partial charge in [-0.05, 0) is 24.7 Å². The fourth-order valence-corrected chi connectivity index (χ4v) is 2.98. The average molecular weight is 378 g/mol. The monoisotopic (exact) mass is 377 g/mol. The first-order valence-corrected chi connectivity index (χ1v) is 8.74. The highest BCUT2D eigenvalue weighted by Gasteiger charge is 2.28. The smallest absolute Gasteiger partial charge is 0.307 e. The van der Waals surface area contributed by atoms with Crippen LogP contribution in [-0.2, 0) is 19.1 Å². The molecule has 0 aliphatic heterocycles. The van der Waals surface area contributed by atoms with E-state index in [9.17, 15) is 14.4 Å². The van der Waals surface area contributed by atoms with Gasteiger partial charge < -0.3 is 21.1 Å². The van der Waals surface area contributed by atoms with Gasteiger partial charge in [-0.15, -0.1) is 12.4 Å². The Morgan fingerprint density at radius 2 is 1.76 bits per heavy atom. The first-order valence-electron chi connectivity index (χ1n) is 8.74. The predicted octanol–water partition coefficient (Wildman–Crippen LogP) is 1.14. The van der Waals surface area contributed by atoms with Crippen LogP contribution in [0, 0.1) is 11.8 Å². The minimum atomic E-state index is -0.637. The fourth-order valence-electron chi connectivity index (χ4n) is 2.98. The molecular formula is C17H32ClN3O4. The van der Waals surface area contributed by atoms with E-state index in [1.165, 1.54) is 13.5 Å². The SMILES string of the molecule is COC(=O)CC(NC(=O)CNC(=O)[C@@H](N)C(C)C)C1CCCCC1.Cl. The van der Waals surface area contributed by atoms with Crippen LogP contribution in [0.1, 0.15) is 52.4 Å². The van der Waals surface area contributed by atoms with Gasteiger partial charge in [-0.25, -0.2) is 0 Å². The number of amides is 2. The Hall–Kier alpha value is -1.34. The zero-order chi connectivity index (χ0) is 18.1. The number of esters is 1. The zero-order valence-electron chi connectivity index (χ0n) is 15.4. The number of rotatable bonds is 8. The third-order valence-corrected chi connectivity index (χ3v) is 4.62. The molecule has 25 heavy (non-hydrogen) atoms. The van der Waals surface area contributed by atoms with Crippen LogP contribution >= 0.6 is 12.4 Å². The maximum absolute atomic E-state index is 12.1. The molecule has 2 amide bonds. The summed E-state index contributed by atoms with van der Waals surface area (Å²) in [5.41, 5.74) is 5.74. The Morgan fingerprint density at radius 1 is 1.16 bits per heavy atom. The van der Waals surface area contributed by atoms with Gasteiger partial charge in [0.25, 0.3) is 0 Å². The van der Waals surface area contributed by atoms with Crippen LogP contribution < -0.4 is 16.4 Å². The summed E-state index contributed by atoms with van der Waals surface area (Å²) in [7, 11) is 1.34. The van der Waals surface area contributed by atoms with E-state index in [4.69, 9.17) is 10.5 Å². The molecule has 0 aromatic carbocycles. The van der Waals surface area contributed by atoms with Gasteiger partial charge in [0, 0.05) is 6.04 Å². The van der Waals surface area contributed by atoms with Gasteiger partial charge in [-0.3, -0.25) is 14.4 Å². The van der Waals surface area contributed by atoms with Crippen molar-refractivity contribution in [1.29, 1.82) is 0 Å². The van der Waals surface area contributed by atoms with Crippen molar-refractivity contribution in [2.75, 3.05) is 13.7 Å². The fraction of sp³-hybridized carbons (Fsp3) is 0.824. The van der Waals surface area contributed by atoms with Crippen LogP contribution in [0.25, 0.3) is 0 Å². The lowest BCUT2D eigenvalue weighted by Crippen LogP contribution is -2.50. The van der Waals surface area contributed by atoms with Crippen molar-refractivity contribution in [2.24, 2.45) is 17.6 Å². The molecule has 0 radical (unpaired) electrons. The van der Waals surface area contributed by atoms with E-state index < -0.39 is 6.04 Å². The van der Waals surface area contributed by atoms with E-state index in [0.717, 1.165) is 25.7 Å². The van der Waals surface area contributed by atoms with Gasteiger partial charge in [0.05, 0.1) is 26.1 Å². The number of nitrogens with one attached hydrogen (secondary N) is 2. The van der Waals surface area contributed by atoms with Gasteiger partial charge in [-0.2, -0.15) is 0 Å². The third kappa shape index (κ3) is 8.54. The number of hydrogen-bond acceptors (Lipinski definition) is 5. The number of halogens is 1. The van der Waals surface area contributed by atoms with E-state index in [2.05, 4.69) is 10.6 Å². The number of carbonyl (C=O) groups excluding carboxylic acids is 3. The van der Waals surface area contributed by atoms with Crippen molar-refractivity contribution < 1.29 is 19.1 Å². The molecule has 0 aromatic rings. The largest absolute Gasteiger partial charge is 0.469 e. The number of ether oxygens (including phenoxy) is 1. The minimum absolute atomic E-state index is 0. The molecule has 0 spiro atoms. The molecule has 1 rings (SSSR count). The summed E-state index contributed by atoms with van der Waals surface area (Å²) in [6.45, 7) is 3.56. The van der Waals surface area contributed by atoms with E-state index in [-0.39, 0.29) is 61.0 Å². The van der Waals surface area contributed by atoms with Crippen LogP contribution in [0.3, 0.4) is 0 Å². The first-order chi connectivity index (χ1) is 11.3. The standard InChI is InChI=1S/C17H31N3O4.ClH/c1-11(2)16(18)17(23)19-10-14(21)20-13(9-15(22)24-3)12-7-5-4-6-8-12;/h11-13,16H,4-10,18H2,1-3H3,(H,19,23)(H,20,21);1H/t13?,16-;/m0./s1. The first kappa shape index (κ1) is 23.7. The molecule has 1 saturated carbocycles. The Morgan fingerprint density at radius 3 is 2.28 bits per heavy atom. The van der Waals surface area contributed by atoms with Crippen molar-refractivity contribution >= 4 is 30.2 Å². The molecule has 8 heteroatoms. The highest BCUT2D eigenvalue weighted by molar-refractivity contribution is 5.87. The van der Waals surface area contributed by atoms with Crippen LogP contribution in [0.4, 0.5) is 0 Å². The van der Waals surface area contributed by atoms with E-state index in [0.29, 0.717) is 0 Å². The van der Waals surface area contributed by atoms with Gasteiger partial charge in [0.2, 0.25) is 11.8 Å². The summed E-state index contributed by atoms with van der Waals surface area (Å²) in [5, 5.41) is 5.43. The Balaban J connectivity index is 0.00000576. The van der Waals surface area contributed by atoms with Crippen molar-refractivity contribution in [3.63, 3.8) is 0 Å². The molecule has 1 unspecified atom stereocenters. The Kier molecular flexibility index (Phi) is 11.4. The average Bonchev–Trinajstić information content (AvgIpc) is 2.58. The molecule has 0 aromatic heterocycles. The Bertz CT molecular complexity index is 440. The molecule has 4 N–H and O–H groups in total. The van der Waals surface area contributed by atoms with Gasteiger partial charge in [0.15, 0.2) is 0 Å². The molecule has 0 bridgehead atoms. The summed E-state index contributed by atoms with van der Waals surface area (Å²) < 4.78 is 4.73. The molecule has 1 fully saturated rings. The Labute approximate surface area is 156 Å². The van der Waals surface area contributed by atoms with E-state index in [1.807, 2.05) is 13.8 Å². The quantitative estimate of drug-likeness (QED) is 0.549. The van der Waals surface area contributed by atoms with Crippen molar-refractivity contribution in [1.82, 2.24) is 10.6 Å². The van der Waals surface area contributed by atoms with Crippen molar-refractivity contribution in [3.8, 4) is 0 Å². The summed E-state index contributed by atoms with van der Waals surface area (Å²) in [4.78, 5) is 35.6. The third-order valence-electron chi connectivity index (χ3n) is 4.62. The van der Waals surface area contributed by atoms with Crippen molar-refractivity contribution in [3.05, 3.63) is 0 Å². The summed E-state index contributed by atoms with van der Waals surface area (Å²) in [6, 6.07) is -0.886. The van der Waals surface area contributed by atoms with Gasteiger partial charge in [0.1, 0.15) is 0 Å². The number of nitrogens with two attached hydrogens (primary N) is 1. The maximum atomic E-state index is 12.1. The maximum Gasteiger partial charge on any atom is 0.307 e. The lowest BCUT2D eigenvalue weighted by atomic mass is 9.82. The number of methoxy groups -OCH3 is 1. The molecule has 1 aliphatic carbocycles. The molecular weight excluding hydrogens is 346 g/mol. The summed E-state index contributed by atoms with van der Waals surface area (Å²) in [6.07, 6.45) is 5.56. The molecule has 2 atom stereocenters. The second-order valence-electron chi connectivity index (χ2n) is 6.84. The van der Waals surface area contributed by atoms with Crippen LogP contribution in [0.5, 0.6) is 0 Å². The molecule has 0 heterocycles. The van der Waals surface area contributed by atoms with E-state index in [1.54, 1.807) is 0 Å². The van der Waals surface area contributed by atoms with Crippen LogP contribution in [0.15, 0.2) is 0 Å². The molecule has 1 aliphatic rings. The number of hydrogen-bond donors (Lipinski definition) is 3. The summed E-state index contributed by atoms with van der Waals surface area (Å²) >= 11 is 0. The number of carbonyl (C=O) groups is 3. The predicted molar refractivity (Wildman–Crippen MR) is 98.2 cm³/mol. The molecule has 0 saturated heterocycles. The van der Waals surface area contributed by atoms with Crippen molar-refractivity contribution in [2.45, 2.75) is 64.5 Å².